The molecule has 2 atom stereocenters. The van der Waals surface area contributed by atoms with E-state index in [4.69, 9.17) is 0 Å². The number of nitrogens with one attached hydrogen (secondary N) is 2. The van der Waals surface area contributed by atoms with Crippen LogP contribution in [0.2, 0.25) is 0 Å². The minimum Gasteiger partial charge on any atom is -0.382 e. The molecule has 2 unspecified atom stereocenters. The molecule has 1 heterocycles. The zero-order valence-corrected chi connectivity index (χ0v) is 12.5. The summed E-state index contributed by atoms with van der Waals surface area (Å²) in [6.07, 6.45) is 5.79. The fraction of sp³-hybridized carbons (Fsp3) is 0.500. The number of thioether (sulfide) groups is 1. The second-order valence-electron chi connectivity index (χ2n) is 5.17. The maximum absolute atomic E-state index is 3.79. The highest BCUT2D eigenvalue weighted by atomic mass is 32.2. The first-order chi connectivity index (χ1) is 9.29. The second-order valence-corrected chi connectivity index (χ2v) is 6.23. The van der Waals surface area contributed by atoms with Gasteiger partial charge in [0.25, 0.3) is 0 Å². The molecule has 0 bridgehead atoms. The maximum atomic E-state index is 3.79. The van der Waals surface area contributed by atoms with Crippen LogP contribution in [-0.4, -0.2) is 24.4 Å². The monoisotopic (exact) mass is 276 g/mol. The van der Waals surface area contributed by atoms with Crippen molar-refractivity contribution < 1.29 is 0 Å². The van der Waals surface area contributed by atoms with Crippen LogP contribution >= 0.6 is 11.8 Å². The summed E-state index contributed by atoms with van der Waals surface area (Å²) in [5.74, 6) is 0.956. The van der Waals surface area contributed by atoms with Crippen LogP contribution in [0.15, 0.2) is 41.8 Å². The largest absolute Gasteiger partial charge is 0.382 e. The first-order valence-electron chi connectivity index (χ1n) is 7.12. The normalized spacial score (nSPS) is 20.2. The third-order valence-electron chi connectivity index (χ3n) is 3.45. The fourth-order valence-electron chi connectivity index (χ4n) is 2.57. The zero-order chi connectivity index (χ0) is 13.5. The van der Waals surface area contributed by atoms with Crippen molar-refractivity contribution in [1.29, 1.82) is 0 Å². The molecule has 19 heavy (non-hydrogen) atoms. The van der Waals surface area contributed by atoms with Crippen molar-refractivity contribution in [3.8, 4) is 0 Å². The van der Waals surface area contributed by atoms with E-state index in [9.17, 15) is 0 Å². The standard InChI is InChI=1S/C16H24N2S/c1-3-11-19-16-9-5-4-8-15(16)18-13(2)12-14-7-6-10-17-14/h3-5,8-9,13-14,17-18H,1,6-7,10-12H2,2H3. The fourth-order valence-corrected chi connectivity index (χ4v) is 3.32. The predicted molar refractivity (Wildman–Crippen MR) is 86.1 cm³/mol. The molecule has 0 spiro atoms. The van der Waals surface area contributed by atoms with E-state index in [1.54, 1.807) is 0 Å². The van der Waals surface area contributed by atoms with Crippen molar-refractivity contribution in [3.63, 3.8) is 0 Å². The molecule has 1 aromatic rings. The van der Waals surface area contributed by atoms with Gasteiger partial charge in [-0.05, 0) is 44.9 Å². The summed E-state index contributed by atoms with van der Waals surface area (Å²) in [5.41, 5.74) is 1.25. The van der Waals surface area contributed by atoms with Crippen LogP contribution in [0.3, 0.4) is 0 Å². The summed E-state index contributed by atoms with van der Waals surface area (Å²) in [4.78, 5) is 1.31. The van der Waals surface area contributed by atoms with Crippen LogP contribution in [0, 0.1) is 0 Å². The summed E-state index contributed by atoms with van der Waals surface area (Å²) in [5, 5.41) is 7.21. The molecular formula is C16H24N2S. The Kier molecular flexibility index (Phi) is 5.80. The van der Waals surface area contributed by atoms with Crippen LogP contribution in [0.1, 0.15) is 26.2 Å². The van der Waals surface area contributed by atoms with Gasteiger partial charge in [-0.2, -0.15) is 0 Å². The van der Waals surface area contributed by atoms with Crippen molar-refractivity contribution in [2.45, 2.75) is 43.2 Å². The van der Waals surface area contributed by atoms with Gasteiger partial charge < -0.3 is 10.6 Å². The third-order valence-corrected chi connectivity index (χ3v) is 4.52. The van der Waals surface area contributed by atoms with Gasteiger partial charge in [0, 0.05) is 28.4 Å². The molecule has 2 rings (SSSR count). The Balaban J connectivity index is 1.91. The van der Waals surface area contributed by atoms with Gasteiger partial charge in [-0.1, -0.05) is 18.2 Å². The van der Waals surface area contributed by atoms with E-state index in [0.717, 1.165) is 5.75 Å². The molecular weight excluding hydrogens is 252 g/mol. The highest BCUT2D eigenvalue weighted by Gasteiger charge is 2.17. The highest BCUT2D eigenvalue weighted by molar-refractivity contribution is 7.99. The van der Waals surface area contributed by atoms with Gasteiger partial charge in [0.1, 0.15) is 0 Å². The zero-order valence-electron chi connectivity index (χ0n) is 11.7. The molecule has 0 aromatic heterocycles. The molecule has 1 aliphatic heterocycles. The smallest absolute Gasteiger partial charge is 0.0480 e. The van der Waals surface area contributed by atoms with Gasteiger partial charge in [0.05, 0.1) is 0 Å². The number of benzene rings is 1. The molecule has 2 N–H and O–H groups in total. The number of rotatable bonds is 7. The molecule has 0 saturated carbocycles. The highest BCUT2D eigenvalue weighted by Crippen LogP contribution is 2.28. The van der Waals surface area contributed by atoms with Crippen LogP contribution in [0.25, 0.3) is 0 Å². The van der Waals surface area contributed by atoms with Crippen LogP contribution in [0.5, 0.6) is 0 Å². The van der Waals surface area contributed by atoms with Crippen LogP contribution < -0.4 is 10.6 Å². The maximum Gasteiger partial charge on any atom is 0.0480 e. The first-order valence-corrected chi connectivity index (χ1v) is 8.11. The van der Waals surface area contributed by atoms with E-state index < -0.39 is 0 Å². The van der Waals surface area contributed by atoms with E-state index in [1.807, 2.05) is 17.8 Å². The molecule has 0 aliphatic carbocycles. The van der Waals surface area contributed by atoms with Gasteiger partial charge in [-0.25, -0.2) is 0 Å². The summed E-state index contributed by atoms with van der Waals surface area (Å²) in [6, 6.07) is 9.73. The molecule has 0 radical (unpaired) electrons. The van der Waals surface area contributed by atoms with Crippen molar-refractivity contribution in [2.24, 2.45) is 0 Å². The average molecular weight is 276 g/mol. The minimum atomic E-state index is 0.501. The van der Waals surface area contributed by atoms with Gasteiger partial charge in [-0.3, -0.25) is 0 Å². The Bertz CT molecular complexity index is 399. The minimum absolute atomic E-state index is 0.501. The number of anilines is 1. The molecule has 1 saturated heterocycles. The van der Waals surface area contributed by atoms with Crippen LogP contribution in [-0.2, 0) is 0 Å². The van der Waals surface area contributed by atoms with Crippen LogP contribution in [0.4, 0.5) is 5.69 Å². The lowest BCUT2D eigenvalue weighted by atomic mass is 10.1. The molecule has 3 heteroatoms. The molecule has 104 valence electrons. The second kappa shape index (κ2) is 7.61. The third kappa shape index (κ3) is 4.59. The molecule has 1 aromatic carbocycles. The van der Waals surface area contributed by atoms with E-state index in [-0.39, 0.29) is 0 Å². The van der Waals surface area contributed by atoms with Gasteiger partial charge in [0.2, 0.25) is 0 Å². The molecule has 2 nitrogen and oxygen atoms in total. The Morgan fingerprint density at radius 2 is 2.37 bits per heavy atom. The number of hydrogen-bond donors (Lipinski definition) is 2. The Morgan fingerprint density at radius 3 is 3.11 bits per heavy atom. The van der Waals surface area contributed by atoms with Gasteiger partial charge >= 0.3 is 0 Å². The lowest BCUT2D eigenvalue weighted by molar-refractivity contribution is 0.523. The van der Waals surface area contributed by atoms with E-state index >= 15 is 0 Å². The Morgan fingerprint density at radius 1 is 1.53 bits per heavy atom. The summed E-state index contributed by atoms with van der Waals surface area (Å²) >= 11 is 1.84. The van der Waals surface area contributed by atoms with E-state index in [0.29, 0.717) is 12.1 Å². The summed E-state index contributed by atoms with van der Waals surface area (Å²) in [6.45, 7) is 7.24. The quantitative estimate of drug-likeness (QED) is 0.583. The van der Waals surface area contributed by atoms with Crippen molar-refractivity contribution in [1.82, 2.24) is 5.32 Å². The van der Waals surface area contributed by atoms with Crippen molar-refractivity contribution in [2.75, 3.05) is 17.6 Å². The van der Waals surface area contributed by atoms with Gasteiger partial charge in [0.15, 0.2) is 0 Å². The van der Waals surface area contributed by atoms with Gasteiger partial charge in [-0.15, -0.1) is 18.3 Å². The Hall–Kier alpha value is -0.930. The molecule has 1 aliphatic rings. The summed E-state index contributed by atoms with van der Waals surface area (Å²) < 4.78 is 0. The number of hydrogen-bond acceptors (Lipinski definition) is 3. The lowest BCUT2D eigenvalue weighted by Gasteiger charge is -2.21. The van der Waals surface area contributed by atoms with Crippen molar-refractivity contribution >= 4 is 17.4 Å². The molecule has 1 fully saturated rings. The van der Waals surface area contributed by atoms with Crippen molar-refractivity contribution in [3.05, 3.63) is 36.9 Å². The summed E-state index contributed by atoms with van der Waals surface area (Å²) in [7, 11) is 0. The predicted octanol–water partition coefficient (Wildman–Crippen LogP) is 3.91. The Labute approximate surface area is 121 Å². The van der Waals surface area contributed by atoms with E-state index in [2.05, 4.69) is 48.4 Å². The molecule has 0 amide bonds. The number of para-hydroxylation sites is 1. The topological polar surface area (TPSA) is 24.1 Å². The average Bonchev–Trinajstić information content (AvgIpc) is 2.90. The SMILES string of the molecule is C=CCSc1ccccc1NC(C)CC1CCCN1. The first kappa shape index (κ1) is 14.5. The lowest BCUT2D eigenvalue weighted by Crippen LogP contribution is -2.29. The van der Waals surface area contributed by atoms with E-state index in [1.165, 1.54) is 36.4 Å².